The molecule has 9 heteroatoms. The molecule has 0 radical (unpaired) electrons. The molecule has 5 heterocycles. The van der Waals surface area contributed by atoms with Crippen LogP contribution in [-0.4, -0.2) is 13.4 Å². The molecule has 0 atom stereocenters. The van der Waals surface area contributed by atoms with Gasteiger partial charge in [0, 0.05) is 95.2 Å². The van der Waals surface area contributed by atoms with Crippen molar-refractivity contribution in [1.29, 1.82) is 0 Å². The van der Waals surface area contributed by atoms with E-state index in [2.05, 4.69) is 334 Å². The van der Waals surface area contributed by atoms with Gasteiger partial charge in [-0.1, -0.05) is 188 Å². The van der Waals surface area contributed by atoms with Gasteiger partial charge in [-0.25, -0.2) is 0 Å². The molecule has 1 aromatic heterocycles. The molecule has 0 bridgehead atoms. The fourth-order valence-corrected chi connectivity index (χ4v) is 15.8. The minimum Gasteiger partial charge on any atom is -0.458 e. The van der Waals surface area contributed by atoms with Gasteiger partial charge in [0.05, 0.1) is 17.1 Å². The van der Waals surface area contributed by atoms with Crippen LogP contribution in [0.25, 0.3) is 20.9 Å². The second-order valence-corrected chi connectivity index (χ2v) is 23.8. The zero-order chi connectivity index (χ0) is 57.1. The number of nitrogens with zero attached hydrogens (tertiary/aromatic N) is 5. The predicted molar refractivity (Wildman–Crippen MR) is 369 cm³/mol. The van der Waals surface area contributed by atoms with Crippen LogP contribution in [0.1, 0.15) is 0 Å². The summed E-state index contributed by atoms with van der Waals surface area (Å²) < 4.78 is 10.4. The van der Waals surface area contributed by atoms with Crippen molar-refractivity contribution >= 4 is 163 Å². The van der Waals surface area contributed by atoms with Crippen LogP contribution in [-0.2, 0) is 0 Å². The van der Waals surface area contributed by atoms with Crippen molar-refractivity contribution in [3.05, 3.63) is 309 Å². The van der Waals surface area contributed by atoms with Crippen LogP contribution in [0.4, 0.5) is 85.3 Å². The number of hydrogen-bond acceptors (Lipinski definition) is 7. The van der Waals surface area contributed by atoms with Gasteiger partial charge in [0.15, 0.2) is 0 Å². The molecule has 0 amide bonds. The molecular weight excluding hydrogens is 1080 g/mol. The summed E-state index contributed by atoms with van der Waals surface area (Å²) in [5, 5.41) is 3.73. The Morgan fingerprint density at radius 2 is 0.759 bits per heavy atom. The topological polar surface area (TPSA) is 25.4 Å². The summed E-state index contributed by atoms with van der Waals surface area (Å²) in [6.07, 6.45) is 0. The highest BCUT2D eigenvalue weighted by molar-refractivity contribution is 7.34. The van der Waals surface area contributed by atoms with Gasteiger partial charge in [-0.2, -0.15) is 0 Å². The van der Waals surface area contributed by atoms with Gasteiger partial charge < -0.3 is 29.2 Å². The van der Waals surface area contributed by atoms with Gasteiger partial charge in [-0.3, -0.25) is 0 Å². The first-order chi connectivity index (χ1) is 43.2. The SMILES string of the molecule is c1ccc(N(c2ccccc2)c2cc3c4c(c2)N(c2ccccc2)c2ccccc2B4c2cc4c(cc2O3)N(c2ccccc2)c2cc(N(c3ccccc3)c3ccccc3)cc3c2B4c2sc4c(ccc5ccccc54)c2N3c2ccccc2)cc1. The summed E-state index contributed by atoms with van der Waals surface area (Å²) in [5.74, 6) is 1.67. The smallest absolute Gasteiger partial charge is 0.264 e. The Kier molecular flexibility index (Phi) is 11.3. The fraction of sp³-hybridized carbons (Fsp3) is 0. The van der Waals surface area contributed by atoms with Gasteiger partial charge in [0.1, 0.15) is 11.5 Å². The average molecular weight is 1130 g/mol. The minimum absolute atomic E-state index is 0.175. The Labute approximate surface area is 510 Å². The molecule has 0 N–H and O–H groups in total. The van der Waals surface area contributed by atoms with Crippen LogP contribution in [0.2, 0.25) is 0 Å². The monoisotopic (exact) mass is 1130 g/mol. The maximum Gasteiger partial charge on any atom is 0.264 e. The quantitative estimate of drug-likeness (QED) is 0.134. The van der Waals surface area contributed by atoms with Crippen molar-refractivity contribution in [3.8, 4) is 11.5 Å². The van der Waals surface area contributed by atoms with Crippen LogP contribution < -0.4 is 61.3 Å². The van der Waals surface area contributed by atoms with E-state index in [1.807, 2.05) is 11.3 Å². The number of fused-ring (bicyclic) bond motifs is 12. The summed E-state index contributed by atoms with van der Waals surface area (Å²) in [5.41, 5.74) is 22.3. The van der Waals surface area contributed by atoms with E-state index in [0.717, 1.165) is 102 Å². The third-order valence-corrected chi connectivity index (χ3v) is 19.2. The standard InChI is InChI=1S/C78H51B2N5OS/c1-8-27-53(28-9-1)81(54-29-10-2-11-30-54)60-46-69-74-70(47-60)85(59-39-20-7-21-40-59)76-63-45-44-52-26-22-23-41-62(52)77(63)87-78(76)80(74)65-50-66-72(51-68(65)84(69)58-37-18-6-19-38-58)86-73-49-61(82(55-31-12-3-13-32-55)56-33-14-4-15-34-56)48-71-75(73)79(66)64-42-24-25-43-67(64)83(71)57-35-16-5-17-36-57/h1-51H. The molecule has 4 aliphatic rings. The van der Waals surface area contributed by atoms with Crippen molar-refractivity contribution in [2.45, 2.75) is 0 Å². The highest BCUT2D eigenvalue weighted by atomic mass is 32.1. The van der Waals surface area contributed by atoms with Crippen molar-refractivity contribution in [2.24, 2.45) is 0 Å². The lowest BCUT2D eigenvalue weighted by atomic mass is 9.31. The van der Waals surface area contributed by atoms with Crippen molar-refractivity contribution in [1.82, 2.24) is 0 Å². The Hall–Kier alpha value is -11.0. The highest BCUT2D eigenvalue weighted by Crippen LogP contribution is 2.53. The lowest BCUT2D eigenvalue weighted by Gasteiger charge is -2.45. The van der Waals surface area contributed by atoms with E-state index in [1.54, 1.807) is 0 Å². The number of ether oxygens (including phenoxy) is 1. The Morgan fingerprint density at radius 3 is 1.33 bits per heavy atom. The third kappa shape index (κ3) is 7.69. The molecule has 0 saturated carbocycles. The Morgan fingerprint density at radius 1 is 0.299 bits per heavy atom. The fourth-order valence-electron chi connectivity index (χ4n) is 14.4. The molecule has 6 nitrogen and oxygen atoms in total. The van der Waals surface area contributed by atoms with E-state index in [1.165, 1.54) is 47.7 Å². The first-order valence-corrected chi connectivity index (χ1v) is 30.6. The van der Waals surface area contributed by atoms with Gasteiger partial charge in [-0.15, -0.1) is 11.3 Å². The lowest BCUT2D eigenvalue weighted by molar-refractivity contribution is 0.488. The summed E-state index contributed by atoms with van der Waals surface area (Å²) in [6.45, 7) is -0.351. The van der Waals surface area contributed by atoms with Gasteiger partial charge in [-0.05, 0) is 147 Å². The number of para-hydroxylation sites is 8. The number of rotatable bonds is 9. The first kappa shape index (κ1) is 49.4. The maximum atomic E-state index is 7.76. The van der Waals surface area contributed by atoms with E-state index in [0.29, 0.717) is 0 Å². The van der Waals surface area contributed by atoms with E-state index < -0.39 is 0 Å². The van der Waals surface area contributed by atoms with Crippen LogP contribution in [0.3, 0.4) is 0 Å². The average Bonchev–Trinajstić information content (AvgIpc) is 1.71. The summed E-state index contributed by atoms with van der Waals surface area (Å²) in [4.78, 5) is 12.3. The van der Waals surface area contributed by atoms with Crippen molar-refractivity contribution in [3.63, 3.8) is 0 Å². The molecule has 0 unspecified atom stereocenters. The molecule has 18 rings (SSSR count). The Bertz CT molecular complexity index is 4920. The lowest BCUT2D eigenvalue weighted by Crippen LogP contribution is -2.64. The molecule has 14 aromatic rings. The van der Waals surface area contributed by atoms with Crippen molar-refractivity contribution in [2.75, 3.05) is 24.5 Å². The Balaban J connectivity index is 0.948. The molecule has 0 fully saturated rings. The van der Waals surface area contributed by atoms with Crippen LogP contribution >= 0.6 is 11.3 Å². The summed E-state index contributed by atoms with van der Waals surface area (Å²) in [6, 6.07) is 113. The van der Waals surface area contributed by atoms with E-state index in [4.69, 9.17) is 4.74 Å². The molecule has 4 aliphatic heterocycles. The molecule has 13 aromatic carbocycles. The minimum atomic E-state index is -0.176. The van der Waals surface area contributed by atoms with Gasteiger partial charge in [0.2, 0.25) is 0 Å². The van der Waals surface area contributed by atoms with Crippen molar-refractivity contribution < 1.29 is 4.74 Å². The van der Waals surface area contributed by atoms with E-state index in [-0.39, 0.29) is 13.4 Å². The van der Waals surface area contributed by atoms with Crippen LogP contribution in [0.5, 0.6) is 11.5 Å². The molecule has 0 spiro atoms. The zero-order valence-corrected chi connectivity index (χ0v) is 48.0. The molecular formula is C78H51B2N5OS. The van der Waals surface area contributed by atoms with Gasteiger partial charge >= 0.3 is 0 Å². The largest absolute Gasteiger partial charge is 0.458 e. The van der Waals surface area contributed by atoms with Gasteiger partial charge in [0.25, 0.3) is 13.4 Å². The summed E-state index contributed by atoms with van der Waals surface area (Å²) >= 11 is 1.95. The number of benzene rings is 13. The summed E-state index contributed by atoms with van der Waals surface area (Å²) in [7, 11) is 0. The number of anilines is 15. The van der Waals surface area contributed by atoms with Crippen LogP contribution in [0, 0.1) is 0 Å². The van der Waals surface area contributed by atoms with Crippen LogP contribution in [0.15, 0.2) is 309 Å². The molecule has 0 saturated heterocycles. The maximum absolute atomic E-state index is 7.76. The zero-order valence-electron chi connectivity index (χ0n) is 47.2. The second kappa shape index (κ2) is 19.8. The molecule has 0 aliphatic carbocycles. The normalized spacial score (nSPS) is 13.0. The predicted octanol–water partition coefficient (Wildman–Crippen LogP) is 17.5. The first-order valence-electron chi connectivity index (χ1n) is 29.8. The van der Waals surface area contributed by atoms with E-state index >= 15 is 0 Å². The third-order valence-electron chi connectivity index (χ3n) is 17.9. The second-order valence-electron chi connectivity index (χ2n) is 22.8. The molecule has 87 heavy (non-hydrogen) atoms. The highest BCUT2D eigenvalue weighted by Gasteiger charge is 2.49. The number of hydrogen-bond donors (Lipinski definition) is 0. The number of thiophene rings is 1. The molecule has 406 valence electrons. The van der Waals surface area contributed by atoms with E-state index in [9.17, 15) is 0 Å².